The lowest BCUT2D eigenvalue weighted by atomic mass is 10.1. The number of imidazole rings is 1. The van der Waals surface area contributed by atoms with Crippen LogP contribution in [0.3, 0.4) is 0 Å². The van der Waals surface area contributed by atoms with Crippen molar-refractivity contribution in [3.8, 4) is 22.7 Å². The van der Waals surface area contributed by atoms with Gasteiger partial charge in [0.15, 0.2) is 0 Å². The van der Waals surface area contributed by atoms with Gasteiger partial charge in [0.1, 0.15) is 17.2 Å². The Morgan fingerprint density at radius 3 is 2.48 bits per heavy atom. The van der Waals surface area contributed by atoms with Gasteiger partial charge < -0.3 is 9.40 Å². The number of halogens is 1. The Kier molecular flexibility index (Phi) is 3.25. The smallest absolute Gasteiger partial charge is 0.138 e. The van der Waals surface area contributed by atoms with E-state index >= 15 is 0 Å². The van der Waals surface area contributed by atoms with Crippen molar-refractivity contribution in [3.63, 3.8) is 0 Å². The minimum Gasteiger partial charge on any atom is -0.456 e. The number of fused-ring (bicyclic) bond motifs is 2. The quantitative estimate of drug-likeness (QED) is 0.379. The van der Waals surface area contributed by atoms with Crippen molar-refractivity contribution in [2.75, 3.05) is 0 Å². The van der Waals surface area contributed by atoms with Crippen molar-refractivity contribution < 1.29 is 4.42 Å². The highest BCUT2D eigenvalue weighted by Crippen LogP contribution is 2.31. The fourth-order valence-electron chi connectivity index (χ4n) is 3.04. The minimum absolute atomic E-state index is 0.865. The SMILES string of the molecule is Brc1ccc2oc(-c3ccc(-c4nc5ccccc5[nH]4)cc3)cc2c1. The van der Waals surface area contributed by atoms with Crippen LogP contribution in [0.5, 0.6) is 0 Å². The summed E-state index contributed by atoms with van der Waals surface area (Å²) in [7, 11) is 0. The molecule has 5 aromatic rings. The molecule has 0 aliphatic carbocycles. The molecule has 0 amide bonds. The van der Waals surface area contributed by atoms with E-state index in [0.29, 0.717) is 0 Å². The molecular weight excluding hydrogens is 376 g/mol. The van der Waals surface area contributed by atoms with Gasteiger partial charge in [0.2, 0.25) is 0 Å². The Morgan fingerprint density at radius 2 is 1.64 bits per heavy atom. The van der Waals surface area contributed by atoms with Crippen LogP contribution in [0, 0.1) is 0 Å². The first kappa shape index (κ1) is 14.5. The molecule has 0 unspecified atom stereocenters. The number of aromatic amines is 1. The molecule has 0 spiro atoms. The maximum Gasteiger partial charge on any atom is 0.138 e. The van der Waals surface area contributed by atoms with Gasteiger partial charge in [-0.3, -0.25) is 0 Å². The third-order valence-corrected chi connectivity index (χ3v) is 4.80. The van der Waals surface area contributed by atoms with E-state index in [2.05, 4.69) is 62.3 Å². The van der Waals surface area contributed by atoms with E-state index in [4.69, 9.17) is 4.42 Å². The van der Waals surface area contributed by atoms with Crippen LogP contribution in [-0.4, -0.2) is 9.97 Å². The second-order valence-electron chi connectivity index (χ2n) is 5.97. The molecule has 25 heavy (non-hydrogen) atoms. The van der Waals surface area contributed by atoms with Crippen LogP contribution < -0.4 is 0 Å². The third-order valence-electron chi connectivity index (χ3n) is 4.31. The van der Waals surface area contributed by atoms with Gasteiger partial charge in [-0.15, -0.1) is 0 Å². The van der Waals surface area contributed by atoms with E-state index in [0.717, 1.165) is 49.2 Å². The predicted octanol–water partition coefficient (Wildman–Crippen LogP) is 6.41. The van der Waals surface area contributed by atoms with Gasteiger partial charge >= 0.3 is 0 Å². The number of nitrogens with one attached hydrogen (secondary N) is 1. The van der Waals surface area contributed by atoms with Gasteiger partial charge in [-0.25, -0.2) is 4.98 Å². The summed E-state index contributed by atoms with van der Waals surface area (Å²) in [4.78, 5) is 8.00. The summed E-state index contributed by atoms with van der Waals surface area (Å²) in [6.07, 6.45) is 0. The molecule has 120 valence electrons. The number of furan rings is 1. The molecule has 1 N–H and O–H groups in total. The van der Waals surface area contributed by atoms with E-state index in [-0.39, 0.29) is 0 Å². The van der Waals surface area contributed by atoms with Crippen molar-refractivity contribution in [2.24, 2.45) is 0 Å². The fourth-order valence-corrected chi connectivity index (χ4v) is 3.42. The number of benzene rings is 3. The van der Waals surface area contributed by atoms with Crippen molar-refractivity contribution >= 4 is 37.9 Å². The molecule has 0 saturated carbocycles. The van der Waals surface area contributed by atoms with Crippen LogP contribution in [0.1, 0.15) is 0 Å². The standard InChI is InChI=1S/C21H13BrN2O/c22-16-9-10-19-15(11-16)12-20(25-19)13-5-7-14(8-6-13)21-23-17-3-1-2-4-18(17)24-21/h1-12H,(H,23,24). The number of hydrogen-bond acceptors (Lipinski definition) is 2. The lowest BCUT2D eigenvalue weighted by Crippen LogP contribution is -1.80. The normalized spacial score (nSPS) is 11.4. The molecule has 0 radical (unpaired) electrons. The first-order valence-corrected chi connectivity index (χ1v) is 8.80. The zero-order valence-corrected chi connectivity index (χ0v) is 14.7. The number of aromatic nitrogens is 2. The summed E-state index contributed by atoms with van der Waals surface area (Å²) in [6.45, 7) is 0. The summed E-state index contributed by atoms with van der Waals surface area (Å²) in [5.41, 5.74) is 5.01. The number of hydrogen-bond donors (Lipinski definition) is 1. The fraction of sp³-hybridized carbons (Fsp3) is 0. The Bertz CT molecular complexity index is 1170. The van der Waals surface area contributed by atoms with Gasteiger partial charge in [-0.2, -0.15) is 0 Å². The molecular formula is C21H13BrN2O. The monoisotopic (exact) mass is 388 g/mol. The van der Waals surface area contributed by atoms with Crippen LogP contribution in [0.15, 0.2) is 81.7 Å². The number of rotatable bonds is 2. The summed E-state index contributed by atoms with van der Waals surface area (Å²) in [6, 6.07) is 24.4. The van der Waals surface area contributed by atoms with E-state index in [1.165, 1.54) is 0 Å². The highest BCUT2D eigenvalue weighted by atomic mass is 79.9. The van der Waals surface area contributed by atoms with Crippen LogP contribution in [0.4, 0.5) is 0 Å². The van der Waals surface area contributed by atoms with Gasteiger partial charge in [-0.1, -0.05) is 52.3 Å². The molecule has 0 aliphatic rings. The minimum atomic E-state index is 0.865. The zero-order valence-electron chi connectivity index (χ0n) is 13.2. The van der Waals surface area contributed by atoms with E-state index in [1.807, 2.05) is 36.4 Å². The Hall–Kier alpha value is -2.85. The lowest BCUT2D eigenvalue weighted by Gasteiger charge is -1.99. The van der Waals surface area contributed by atoms with E-state index in [9.17, 15) is 0 Å². The van der Waals surface area contributed by atoms with Crippen molar-refractivity contribution in [1.29, 1.82) is 0 Å². The third kappa shape index (κ3) is 2.55. The highest BCUT2D eigenvalue weighted by molar-refractivity contribution is 9.10. The molecule has 2 aromatic heterocycles. The molecule has 2 heterocycles. The molecule has 0 fully saturated rings. The second-order valence-corrected chi connectivity index (χ2v) is 6.89. The van der Waals surface area contributed by atoms with Crippen LogP contribution >= 0.6 is 15.9 Å². The molecule has 0 bridgehead atoms. The number of nitrogens with zero attached hydrogens (tertiary/aromatic N) is 1. The van der Waals surface area contributed by atoms with Gasteiger partial charge in [0.05, 0.1) is 11.0 Å². The molecule has 3 nitrogen and oxygen atoms in total. The summed E-state index contributed by atoms with van der Waals surface area (Å²) < 4.78 is 7.01. The Balaban J connectivity index is 1.53. The van der Waals surface area contributed by atoms with Gasteiger partial charge in [0.25, 0.3) is 0 Å². The molecule has 4 heteroatoms. The number of H-pyrrole nitrogens is 1. The molecule has 5 rings (SSSR count). The molecule has 0 atom stereocenters. The average molecular weight is 389 g/mol. The van der Waals surface area contributed by atoms with Crippen molar-refractivity contribution in [2.45, 2.75) is 0 Å². The van der Waals surface area contributed by atoms with E-state index < -0.39 is 0 Å². The van der Waals surface area contributed by atoms with Gasteiger partial charge in [-0.05, 0) is 36.4 Å². The van der Waals surface area contributed by atoms with Crippen LogP contribution in [-0.2, 0) is 0 Å². The van der Waals surface area contributed by atoms with Crippen LogP contribution in [0.25, 0.3) is 44.7 Å². The average Bonchev–Trinajstić information content (AvgIpc) is 3.25. The first-order valence-electron chi connectivity index (χ1n) is 8.01. The van der Waals surface area contributed by atoms with Gasteiger partial charge in [0, 0.05) is 21.0 Å². The summed E-state index contributed by atoms with van der Waals surface area (Å²) in [5.74, 6) is 1.74. The lowest BCUT2D eigenvalue weighted by molar-refractivity contribution is 0.631. The zero-order chi connectivity index (χ0) is 16.8. The highest BCUT2D eigenvalue weighted by Gasteiger charge is 2.09. The van der Waals surface area contributed by atoms with Crippen molar-refractivity contribution in [3.05, 3.63) is 77.3 Å². The first-order chi connectivity index (χ1) is 12.3. The molecule has 3 aromatic carbocycles. The maximum atomic E-state index is 5.96. The Morgan fingerprint density at radius 1 is 0.840 bits per heavy atom. The van der Waals surface area contributed by atoms with Crippen molar-refractivity contribution in [1.82, 2.24) is 9.97 Å². The summed E-state index contributed by atoms with van der Waals surface area (Å²) in [5, 5.41) is 1.09. The predicted molar refractivity (Wildman–Crippen MR) is 104 cm³/mol. The second kappa shape index (κ2) is 5.60. The molecule has 0 saturated heterocycles. The summed E-state index contributed by atoms with van der Waals surface area (Å²) >= 11 is 3.50. The number of para-hydroxylation sites is 2. The maximum absolute atomic E-state index is 5.96. The topological polar surface area (TPSA) is 41.8 Å². The van der Waals surface area contributed by atoms with E-state index in [1.54, 1.807) is 0 Å². The largest absolute Gasteiger partial charge is 0.456 e. The Labute approximate surface area is 152 Å². The molecule has 0 aliphatic heterocycles. The van der Waals surface area contributed by atoms with Crippen LogP contribution in [0.2, 0.25) is 0 Å².